The van der Waals surface area contributed by atoms with E-state index in [2.05, 4.69) is 9.97 Å². The number of nitrogens with two attached hydrogens (primary N) is 1. The molecule has 1 unspecified atom stereocenters. The second kappa shape index (κ2) is 6.13. The van der Waals surface area contributed by atoms with Gasteiger partial charge in [-0.2, -0.15) is 4.31 Å². The normalized spacial score (nSPS) is 20.9. The third-order valence-electron chi connectivity index (χ3n) is 2.95. The lowest BCUT2D eigenvalue weighted by Gasteiger charge is -2.29. The van der Waals surface area contributed by atoms with Crippen molar-refractivity contribution >= 4 is 22.4 Å². The first-order chi connectivity index (χ1) is 8.39. The first kappa shape index (κ1) is 16.3. The summed E-state index contributed by atoms with van der Waals surface area (Å²) in [6, 6.07) is 1.65. The van der Waals surface area contributed by atoms with Crippen LogP contribution in [-0.4, -0.2) is 41.8 Å². The number of piperidine rings is 1. The Hall–Kier alpha value is -0.760. The van der Waals surface area contributed by atoms with Crippen molar-refractivity contribution in [3.8, 4) is 0 Å². The maximum Gasteiger partial charge on any atom is 0.278 e. The summed E-state index contributed by atoms with van der Waals surface area (Å²) in [6.45, 7) is 4.36. The Morgan fingerprint density at radius 3 is 2.42 bits per heavy atom. The van der Waals surface area contributed by atoms with E-state index in [1.807, 2.05) is 0 Å². The highest BCUT2D eigenvalue weighted by molar-refractivity contribution is 7.88. The van der Waals surface area contributed by atoms with Gasteiger partial charge in [0.15, 0.2) is 0 Å². The first-order valence-corrected chi connectivity index (χ1v) is 7.41. The highest BCUT2D eigenvalue weighted by atomic mass is 35.5. The Balaban J connectivity index is 0.00000180. The van der Waals surface area contributed by atoms with Gasteiger partial charge in [-0.05, 0) is 32.8 Å². The molecular weight excluding hydrogens is 288 g/mol. The maximum absolute atomic E-state index is 12.4. The fourth-order valence-electron chi connectivity index (χ4n) is 2.12. The molecule has 1 aromatic rings. The minimum Gasteiger partial charge on any atom is -0.327 e. The van der Waals surface area contributed by atoms with Crippen LogP contribution in [-0.2, 0) is 10.0 Å². The summed E-state index contributed by atoms with van der Waals surface area (Å²) >= 11 is 0. The highest BCUT2D eigenvalue weighted by Gasteiger charge is 2.31. The van der Waals surface area contributed by atoms with E-state index in [4.69, 9.17) is 5.73 Å². The molecular formula is C11H19ClN4O2S. The Morgan fingerprint density at radius 1 is 1.32 bits per heavy atom. The molecule has 1 aliphatic heterocycles. The lowest BCUT2D eigenvalue weighted by atomic mass is 10.1. The molecule has 1 fully saturated rings. The van der Waals surface area contributed by atoms with Crippen molar-refractivity contribution in [2.24, 2.45) is 5.73 Å². The maximum atomic E-state index is 12.4. The topological polar surface area (TPSA) is 89.2 Å². The lowest BCUT2D eigenvalue weighted by Crippen LogP contribution is -2.46. The van der Waals surface area contributed by atoms with Crippen molar-refractivity contribution in [1.82, 2.24) is 14.3 Å². The molecule has 0 spiro atoms. The van der Waals surface area contributed by atoms with Gasteiger partial charge in [-0.15, -0.1) is 12.4 Å². The van der Waals surface area contributed by atoms with Crippen LogP contribution in [0.25, 0.3) is 0 Å². The number of hydrogen-bond donors (Lipinski definition) is 1. The second-order valence-electron chi connectivity index (χ2n) is 4.70. The number of aromatic nitrogens is 2. The molecule has 2 rings (SSSR count). The predicted molar refractivity (Wildman–Crippen MR) is 74.7 cm³/mol. The SMILES string of the molecule is Cc1cc(C)nc(S(=O)(=O)N2CCCC(N)C2)n1.Cl. The summed E-state index contributed by atoms with van der Waals surface area (Å²) in [7, 11) is -3.61. The molecule has 0 aliphatic carbocycles. The fourth-order valence-corrected chi connectivity index (χ4v) is 3.62. The van der Waals surface area contributed by atoms with Gasteiger partial charge in [-0.3, -0.25) is 0 Å². The van der Waals surface area contributed by atoms with Crippen LogP contribution in [0.5, 0.6) is 0 Å². The molecule has 0 radical (unpaired) electrons. The smallest absolute Gasteiger partial charge is 0.278 e. The van der Waals surface area contributed by atoms with Crippen LogP contribution in [0.15, 0.2) is 11.2 Å². The van der Waals surface area contributed by atoms with Crippen LogP contribution in [0.3, 0.4) is 0 Å². The number of hydrogen-bond acceptors (Lipinski definition) is 5. The molecule has 1 aliphatic rings. The minimum absolute atomic E-state index is 0. The summed E-state index contributed by atoms with van der Waals surface area (Å²) in [4.78, 5) is 8.05. The van der Waals surface area contributed by atoms with E-state index in [1.165, 1.54) is 4.31 Å². The van der Waals surface area contributed by atoms with Crippen LogP contribution in [0, 0.1) is 13.8 Å². The van der Waals surface area contributed by atoms with E-state index in [-0.39, 0.29) is 23.6 Å². The molecule has 1 aromatic heterocycles. The van der Waals surface area contributed by atoms with E-state index in [0.717, 1.165) is 12.8 Å². The third kappa shape index (κ3) is 3.62. The molecule has 0 saturated carbocycles. The molecule has 108 valence electrons. The van der Waals surface area contributed by atoms with Crippen LogP contribution in [0.1, 0.15) is 24.2 Å². The van der Waals surface area contributed by atoms with Gasteiger partial charge in [0, 0.05) is 30.5 Å². The summed E-state index contributed by atoms with van der Waals surface area (Å²) in [6.07, 6.45) is 1.64. The largest absolute Gasteiger partial charge is 0.327 e. The summed E-state index contributed by atoms with van der Waals surface area (Å²) < 4.78 is 26.1. The van der Waals surface area contributed by atoms with Gasteiger partial charge in [0.25, 0.3) is 15.2 Å². The fraction of sp³-hybridized carbons (Fsp3) is 0.636. The summed E-state index contributed by atoms with van der Waals surface area (Å²) in [5.74, 6) is 0. The van der Waals surface area contributed by atoms with Gasteiger partial charge < -0.3 is 5.73 Å². The van der Waals surface area contributed by atoms with E-state index in [1.54, 1.807) is 19.9 Å². The van der Waals surface area contributed by atoms with Crippen molar-refractivity contribution in [2.45, 2.75) is 37.9 Å². The Bertz CT molecular complexity index is 529. The standard InChI is InChI=1S/C11H18N4O2S.ClH/c1-8-6-9(2)14-11(13-8)18(16,17)15-5-3-4-10(12)7-15;/h6,10H,3-5,7,12H2,1-2H3;1H. The Kier molecular flexibility index (Phi) is 5.26. The molecule has 0 bridgehead atoms. The monoisotopic (exact) mass is 306 g/mol. The van der Waals surface area contributed by atoms with E-state index < -0.39 is 10.0 Å². The van der Waals surface area contributed by atoms with Gasteiger partial charge in [0.05, 0.1) is 0 Å². The van der Waals surface area contributed by atoms with Crippen molar-refractivity contribution in [3.05, 3.63) is 17.5 Å². The highest BCUT2D eigenvalue weighted by Crippen LogP contribution is 2.18. The number of rotatable bonds is 2. The summed E-state index contributed by atoms with van der Waals surface area (Å²) in [5.41, 5.74) is 7.12. The van der Waals surface area contributed by atoms with Gasteiger partial charge in [0.2, 0.25) is 0 Å². The van der Waals surface area contributed by atoms with Crippen molar-refractivity contribution in [2.75, 3.05) is 13.1 Å². The third-order valence-corrected chi connectivity index (χ3v) is 4.61. The molecule has 8 heteroatoms. The van der Waals surface area contributed by atoms with E-state index in [0.29, 0.717) is 24.5 Å². The zero-order valence-corrected chi connectivity index (χ0v) is 12.7. The van der Waals surface area contributed by atoms with E-state index in [9.17, 15) is 8.42 Å². The van der Waals surface area contributed by atoms with Crippen molar-refractivity contribution in [1.29, 1.82) is 0 Å². The number of halogens is 1. The predicted octanol–water partition coefficient (Wildman–Crippen LogP) is 0.627. The van der Waals surface area contributed by atoms with E-state index >= 15 is 0 Å². The average Bonchev–Trinajstić information content (AvgIpc) is 2.27. The molecule has 0 aromatic carbocycles. The van der Waals surface area contributed by atoms with Crippen LogP contribution in [0.4, 0.5) is 0 Å². The minimum atomic E-state index is -3.61. The number of nitrogens with zero attached hydrogens (tertiary/aromatic N) is 3. The van der Waals surface area contributed by atoms with Crippen molar-refractivity contribution < 1.29 is 8.42 Å². The molecule has 1 saturated heterocycles. The van der Waals surface area contributed by atoms with Crippen molar-refractivity contribution in [3.63, 3.8) is 0 Å². The van der Waals surface area contributed by atoms with Crippen LogP contribution < -0.4 is 5.73 Å². The number of aryl methyl sites for hydroxylation is 2. The molecule has 6 nitrogen and oxygen atoms in total. The van der Waals surface area contributed by atoms with Gasteiger partial charge in [-0.1, -0.05) is 0 Å². The molecule has 2 heterocycles. The molecule has 2 N–H and O–H groups in total. The second-order valence-corrected chi connectivity index (χ2v) is 6.53. The molecule has 0 amide bonds. The quantitative estimate of drug-likeness (QED) is 0.809. The summed E-state index contributed by atoms with van der Waals surface area (Å²) in [5, 5.41) is -0.117. The zero-order chi connectivity index (χ0) is 13.3. The number of sulfonamides is 1. The Morgan fingerprint density at radius 2 is 1.89 bits per heavy atom. The molecule has 19 heavy (non-hydrogen) atoms. The molecule has 1 atom stereocenters. The average molecular weight is 307 g/mol. The first-order valence-electron chi connectivity index (χ1n) is 5.97. The van der Waals surface area contributed by atoms with Gasteiger partial charge in [0.1, 0.15) is 0 Å². The van der Waals surface area contributed by atoms with Crippen LogP contribution in [0.2, 0.25) is 0 Å². The van der Waals surface area contributed by atoms with Gasteiger partial charge >= 0.3 is 0 Å². The Labute approximate surface area is 119 Å². The lowest BCUT2D eigenvalue weighted by molar-refractivity contribution is 0.314. The van der Waals surface area contributed by atoms with Crippen LogP contribution >= 0.6 is 12.4 Å². The van der Waals surface area contributed by atoms with Gasteiger partial charge in [-0.25, -0.2) is 18.4 Å². The zero-order valence-electron chi connectivity index (χ0n) is 11.0.